The molecule has 130 valence electrons. The molecule has 0 atom stereocenters. The van der Waals surface area contributed by atoms with Gasteiger partial charge in [-0.05, 0) is 31.0 Å². The SMILES string of the molecule is NC(=O)/C=C(\S)n1cc(-c2cc(C(=O)N3CCCC3)ccc2F)cn1. The van der Waals surface area contributed by atoms with E-state index >= 15 is 0 Å². The van der Waals surface area contributed by atoms with Crippen LogP contribution in [0.2, 0.25) is 0 Å². The molecule has 2 heterocycles. The molecule has 2 aromatic rings. The maximum Gasteiger partial charge on any atom is 0.253 e. The zero-order valence-electron chi connectivity index (χ0n) is 13.4. The standard InChI is InChI=1S/C17H17FN4O2S/c18-14-4-3-11(17(24)21-5-1-2-6-21)7-13(14)12-9-20-22(10-12)16(25)8-15(19)23/h3-4,7-10,25H,1-2,5-6H2,(H2,19,23)/b16-8-. The molecule has 0 unspecified atom stereocenters. The first kappa shape index (κ1) is 17.2. The molecule has 0 aliphatic carbocycles. The van der Waals surface area contributed by atoms with Gasteiger partial charge < -0.3 is 10.6 Å². The van der Waals surface area contributed by atoms with E-state index in [1.165, 1.54) is 35.3 Å². The highest BCUT2D eigenvalue weighted by Crippen LogP contribution is 2.26. The van der Waals surface area contributed by atoms with Crippen LogP contribution in [0.15, 0.2) is 36.7 Å². The van der Waals surface area contributed by atoms with Crippen LogP contribution in [0.5, 0.6) is 0 Å². The van der Waals surface area contributed by atoms with E-state index in [1.54, 1.807) is 4.90 Å². The van der Waals surface area contributed by atoms with Gasteiger partial charge in [0.1, 0.15) is 5.82 Å². The molecule has 0 saturated carbocycles. The number of halogens is 1. The molecule has 1 aromatic heterocycles. The summed E-state index contributed by atoms with van der Waals surface area (Å²) in [5, 5.41) is 4.25. The number of aromatic nitrogens is 2. The number of carbonyl (C=O) groups is 2. The molecule has 6 nitrogen and oxygen atoms in total. The molecule has 0 bridgehead atoms. The van der Waals surface area contributed by atoms with Crippen molar-refractivity contribution in [2.24, 2.45) is 5.73 Å². The zero-order valence-corrected chi connectivity index (χ0v) is 14.2. The number of rotatable bonds is 4. The molecule has 1 aliphatic heterocycles. The third kappa shape index (κ3) is 3.74. The molecule has 1 fully saturated rings. The van der Waals surface area contributed by atoms with Gasteiger partial charge >= 0.3 is 0 Å². The molecule has 0 spiro atoms. The van der Waals surface area contributed by atoms with Crippen LogP contribution in [0.3, 0.4) is 0 Å². The van der Waals surface area contributed by atoms with E-state index in [4.69, 9.17) is 5.73 Å². The lowest BCUT2D eigenvalue weighted by atomic mass is 10.0. The van der Waals surface area contributed by atoms with Crippen molar-refractivity contribution >= 4 is 29.5 Å². The molecular weight excluding hydrogens is 343 g/mol. The topological polar surface area (TPSA) is 81.2 Å². The number of primary amides is 1. The van der Waals surface area contributed by atoms with Crippen LogP contribution in [-0.2, 0) is 4.79 Å². The van der Waals surface area contributed by atoms with E-state index in [9.17, 15) is 14.0 Å². The normalized spacial score (nSPS) is 14.8. The Balaban J connectivity index is 1.92. The molecule has 1 saturated heterocycles. The third-order valence-electron chi connectivity index (χ3n) is 4.01. The third-order valence-corrected chi connectivity index (χ3v) is 4.34. The molecule has 0 radical (unpaired) electrons. The lowest BCUT2D eigenvalue weighted by Gasteiger charge is -2.15. The van der Waals surface area contributed by atoms with Crippen molar-refractivity contribution in [2.45, 2.75) is 12.8 Å². The van der Waals surface area contributed by atoms with Crippen molar-refractivity contribution < 1.29 is 14.0 Å². The average molecular weight is 360 g/mol. The van der Waals surface area contributed by atoms with Crippen molar-refractivity contribution in [1.29, 1.82) is 0 Å². The molecule has 25 heavy (non-hydrogen) atoms. The van der Waals surface area contributed by atoms with Crippen molar-refractivity contribution in [1.82, 2.24) is 14.7 Å². The second-order valence-electron chi connectivity index (χ2n) is 5.77. The highest BCUT2D eigenvalue weighted by atomic mass is 32.1. The Morgan fingerprint density at radius 3 is 2.68 bits per heavy atom. The predicted molar refractivity (Wildman–Crippen MR) is 95.2 cm³/mol. The number of carbonyl (C=O) groups excluding carboxylic acids is 2. The monoisotopic (exact) mass is 360 g/mol. The fraction of sp³-hybridized carbons (Fsp3) is 0.235. The smallest absolute Gasteiger partial charge is 0.253 e. The zero-order chi connectivity index (χ0) is 18.0. The van der Waals surface area contributed by atoms with E-state index in [0.717, 1.165) is 32.0 Å². The fourth-order valence-corrected chi connectivity index (χ4v) is 3.00. The summed E-state index contributed by atoms with van der Waals surface area (Å²) in [7, 11) is 0. The lowest BCUT2D eigenvalue weighted by molar-refractivity contribution is -0.113. The van der Waals surface area contributed by atoms with Gasteiger partial charge in [-0.2, -0.15) is 5.10 Å². The quantitative estimate of drug-likeness (QED) is 0.647. The largest absolute Gasteiger partial charge is 0.366 e. The number of thiol groups is 1. The minimum atomic E-state index is -0.661. The van der Waals surface area contributed by atoms with E-state index in [1.807, 2.05) is 0 Å². The van der Waals surface area contributed by atoms with Crippen molar-refractivity contribution in [3.8, 4) is 11.1 Å². The number of amides is 2. The van der Waals surface area contributed by atoms with E-state index in [-0.39, 0.29) is 16.5 Å². The van der Waals surface area contributed by atoms with Crippen LogP contribution >= 0.6 is 12.6 Å². The Morgan fingerprint density at radius 2 is 2.00 bits per heavy atom. The molecular formula is C17H17FN4O2S. The number of nitrogens with zero attached hydrogens (tertiary/aromatic N) is 3. The first-order chi connectivity index (χ1) is 12.0. The Morgan fingerprint density at radius 1 is 1.28 bits per heavy atom. The Hall–Kier alpha value is -2.61. The Bertz CT molecular complexity index is 856. The van der Waals surface area contributed by atoms with Gasteiger partial charge in [-0.15, -0.1) is 12.6 Å². The molecule has 3 rings (SSSR count). The van der Waals surface area contributed by atoms with Gasteiger partial charge in [-0.1, -0.05) is 0 Å². The number of benzene rings is 1. The minimum Gasteiger partial charge on any atom is -0.366 e. The van der Waals surface area contributed by atoms with Gasteiger partial charge in [-0.25, -0.2) is 9.07 Å². The number of nitrogens with two attached hydrogens (primary N) is 1. The van der Waals surface area contributed by atoms with Crippen LogP contribution in [0.25, 0.3) is 16.2 Å². The first-order valence-electron chi connectivity index (χ1n) is 7.80. The van der Waals surface area contributed by atoms with Gasteiger partial charge in [-0.3, -0.25) is 9.59 Å². The van der Waals surface area contributed by atoms with Crippen molar-refractivity contribution in [3.63, 3.8) is 0 Å². The summed E-state index contributed by atoms with van der Waals surface area (Å²) in [5.41, 5.74) is 6.24. The summed E-state index contributed by atoms with van der Waals surface area (Å²) >= 11 is 4.13. The summed E-state index contributed by atoms with van der Waals surface area (Å²) in [4.78, 5) is 25.2. The predicted octanol–water partition coefficient (Wildman–Crippen LogP) is 2.14. The summed E-state index contributed by atoms with van der Waals surface area (Å²) in [6, 6.07) is 4.28. The van der Waals surface area contributed by atoms with Crippen LogP contribution in [0, 0.1) is 5.82 Å². The molecule has 2 amide bonds. The summed E-state index contributed by atoms with van der Waals surface area (Å²) in [6.07, 6.45) is 6.04. The Labute approximate surface area is 149 Å². The van der Waals surface area contributed by atoms with Gasteiger partial charge in [0.05, 0.1) is 11.2 Å². The molecule has 2 N–H and O–H groups in total. The van der Waals surface area contributed by atoms with Crippen LogP contribution in [0.4, 0.5) is 4.39 Å². The average Bonchev–Trinajstić information content (AvgIpc) is 3.26. The van der Waals surface area contributed by atoms with Gasteiger partial charge in [0.25, 0.3) is 5.91 Å². The van der Waals surface area contributed by atoms with Crippen LogP contribution < -0.4 is 5.73 Å². The number of likely N-dealkylation sites (tertiary alicyclic amines) is 1. The first-order valence-corrected chi connectivity index (χ1v) is 8.25. The second kappa shape index (κ2) is 7.10. The highest BCUT2D eigenvalue weighted by molar-refractivity contribution is 7.90. The number of hydrogen-bond donors (Lipinski definition) is 2. The van der Waals surface area contributed by atoms with E-state index in [2.05, 4.69) is 17.7 Å². The Kier molecular flexibility index (Phi) is 4.89. The van der Waals surface area contributed by atoms with E-state index in [0.29, 0.717) is 11.1 Å². The minimum absolute atomic E-state index is 0.102. The summed E-state index contributed by atoms with van der Waals surface area (Å²) < 4.78 is 15.5. The van der Waals surface area contributed by atoms with Gasteiger partial charge in [0, 0.05) is 42.1 Å². The maximum absolute atomic E-state index is 14.2. The summed E-state index contributed by atoms with van der Waals surface area (Å²) in [5.74, 6) is -1.22. The van der Waals surface area contributed by atoms with Crippen LogP contribution in [0.1, 0.15) is 23.2 Å². The fourth-order valence-electron chi connectivity index (χ4n) is 2.76. The summed E-state index contributed by atoms with van der Waals surface area (Å²) in [6.45, 7) is 1.45. The second-order valence-corrected chi connectivity index (χ2v) is 6.23. The maximum atomic E-state index is 14.2. The molecule has 1 aromatic carbocycles. The molecule has 8 heteroatoms. The van der Waals surface area contributed by atoms with Gasteiger partial charge in [0.15, 0.2) is 0 Å². The van der Waals surface area contributed by atoms with Crippen LogP contribution in [-0.4, -0.2) is 39.6 Å². The lowest BCUT2D eigenvalue weighted by Crippen LogP contribution is -2.27. The molecule has 1 aliphatic rings. The van der Waals surface area contributed by atoms with Crippen molar-refractivity contribution in [2.75, 3.05) is 13.1 Å². The van der Waals surface area contributed by atoms with Gasteiger partial charge in [0.2, 0.25) is 5.91 Å². The number of hydrogen-bond acceptors (Lipinski definition) is 4. The van der Waals surface area contributed by atoms with E-state index < -0.39 is 11.7 Å². The highest BCUT2D eigenvalue weighted by Gasteiger charge is 2.21. The van der Waals surface area contributed by atoms with Crippen molar-refractivity contribution in [3.05, 3.63) is 48.0 Å².